The third-order valence-electron chi connectivity index (χ3n) is 7.50. The van der Waals surface area contributed by atoms with E-state index in [0.29, 0.717) is 31.6 Å². The van der Waals surface area contributed by atoms with Crippen LogP contribution in [0.5, 0.6) is 0 Å². The van der Waals surface area contributed by atoms with Gasteiger partial charge in [0.05, 0.1) is 6.04 Å². The third-order valence-corrected chi connectivity index (χ3v) is 8.14. The third kappa shape index (κ3) is 12.6. The van der Waals surface area contributed by atoms with Crippen molar-refractivity contribution in [3.8, 4) is 0 Å². The van der Waals surface area contributed by atoms with Gasteiger partial charge in [-0.15, -0.1) is 0 Å². The zero-order chi connectivity index (χ0) is 33.7. The molecule has 7 N–H and O–H groups in total. The van der Waals surface area contributed by atoms with Gasteiger partial charge in [-0.05, 0) is 68.8 Å². The van der Waals surface area contributed by atoms with Gasteiger partial charge in [-0.1, -0.05) is 41.5 Å². The second-order valence-electron chi connectivity index (χ2n) is 12.8. The van der Waals surface area contributed by atoms with Crippen molar-refractivity contribution in [2.45, 2.75) is 117 Å². The van der Waals surface area contributed by atoms with Crippen molar-refractivity contribution < 1.29 is 33.9 Å². The van der Waals surface area contributed by atoms with Gasteiger partial charge in [-0.2, -0.15) is 11.8 Å². The molecule has 1 aliphatic heterocycles. The Morgan fingerprint density at radius 1 is 0.818 bits per heavy atom. The second kappa shape index (κ2) is 18.8. The van der Waals surface area contributed by atoms with Crippen LogP contribution in [0.15, 0.2) is 0 Å². The van der Waals surface area contributed by atoms with E-state index in [-0.39, 0.29) is 36.5 Å². The molecule has 0 spiro atoms. The topological polar surface area (TPSA) is 200 Å². The molecule has 252 valence electrons. The zero-order valence-electron chi connectivity index (χ0n) is 27.5. The van der Waals surface area contributed by atoms with E-state index in [9.17, 15) is 33.9 Å². The number of nitrogens with one attached hydrogen (secondary N) is 4. The molecule has 0 aromatic rings. The minimum Gasteiger partial charge on any atom is -0.480 e. The molecule has 0 aliphatic carbocycles. The molecule has 0 radical (unpaired) electrons. The van der Waals surface area contributed by atoms with Crippen LogP contribution in [0.4, 0.5) is 0 Å². The first-order valence-corrected chi connectivity index (χ1v) is 16.9. The summed E-state index contributed by atoms with van der Waals surface area (Å²) in [4.78, 5) is 78.8. The number of aliphatic carboxylic acids is 1. The van der Waals surface area contributed by atoms with Gasteiger partial charge in [0.1, 0.15) is 30.2 Å². The second-order valence-corrected chi connectivity index (χ2v) is 13.7. The highest BCUT2D eigenvalue weighted by molar-refractivity contribution is 7.98. The van der Waals surface area contributed by atoms with Crippen molar-refractivity contribution in [1.29, 1.82) is 0 Å². The van der Waals surface area contributed by atoms with Crippen molar-refractivity contribution in [3.05, 3.63) is 0 Å². The first kappa shape index (κ1) is 39.2. The molecule has 0 saturated carbocycles. The Kier molecular flexibility index (Phi) is 16.8. The van der Waals surface area contributed by atoms with Crippen LogP contribution in [0.25, 0.3) is 0 Å². The molecule has 1 rings (SSSR count). The number of carbonyl (C=O) groups is 6. The average Bonchev–Trinajstić information content (AvgIpc) is 3.43. The Morgan fingerprint density at radius 2 is 1.36 bits per heavy atom. The number of carboxylic acids is 1. The molecule has 1 saturated heterocycles. The van der Waals surface area contributed by atoms with E-state index in [1.807, 2.05) is 47.8 Å². The van der Waals surface area contributed by atoms with Crippen molar-refractivity contribution in [2.75, 3.05) is 18.6 Å². The van der Waals surface area contributed by atoms with E-state index in [0.717, 1.165) is 0 Å². The van der Waals surface area contributed by atoms with Crippen molar-refractivity contribution in [1.82, 2.24) is 26.2 Å². The minimum absolute atomic E-state index is 0.0300. The normalized spacial score (nSPS) is 18.4. The summed E-state index contributed by atoms with van der Waals surface area (Å²) in [6, 6.07) is -5.57. The van der Waals surface area contributed by atoms with Crippen LogP contribution in [0.3, 0.4) is 0 Å². The van der Waals surface area contributed by atoms with E-state index >= 15 is 0 Å². The highest BCUT2D eigenvalue weighted by Gasteiger charge is 2.39. The predicted octanol–water partition coefficient (Wildman–Crippen LogP) is 0.850. The predicted molar refractivity (Wildman–Crippen MR) is 170 cm³/mol. The Bertz CT molecular complexity index is 1010. The van der Waals surface area contributed by atoms with Crippen LogP contribution in [0, 0.1) is 17.8 Å². The fourth-order valence-electron chi connectivity index (χ4n) is 4.91. The summed E-state index contributed by atoms with van der Waals surface area (Å²) in [5, 5.41) is 20.1. The average molecular weight is 643 g/mol. The Balaban J connectivity index is 2.96. The molecule has 13 nitrogen and oxygen atoms in total. The number of likely N-dealkylation sites (tertiary alicyclic amines) is 1. The first-order chi connectivity index (χ1) is 20.5. The van der Waals surface area contributed by atoms with Crippen LogP contribution in [0.2, 0.25) is 0 Å². The zero-order valence-corrected chi connectivity index (χ0v) is 28.3. The number of carbonyl (C=O) groups excluding carboxylic acids is 5. The fraction of sp³-hybridized carbons (Fsp3) is 0.800. The van der Waals surface area contributed by atoms with Gasteiger partial charge < -0.3 is 37.0 Å². The number of amides is 5. The molecular formula is C30H54N6O7S. The summed E-state index contributed by atoms with van der Waals surface area (Å²) >= 11 is 1.47. The number of carboxylic acid groups (broad SMARTS) is 1. The lowest BCUT2D eigenvalue weighted by molar-refractivity contribution is -0.143. The molecule has 0 aromatic carbocycles. The van der Waals surface area contributed by atoms with Crippen LogP contribution < -0.4 is 27.0 Å². The maximum absolute atomic E-state index is 13.6. The summed E-state index contributed by atoms with van der Waals surface area (Å²) < 4.78 is 0. The Labute approximate surface area is 266 Å². The highest BCUT2D eigenvalue weighted by Crippen LogP contribution is 2.21. The summed E-state index contributed by atoms with van der Waals surface area (Å²) in [6.07, 6.45) is 3.70. The molecule has 6 atom stereocenters. The molecule has 14 heteroatoms. The molecule has 44 heavy (non-hydrogen) atoms. The monoisotopic (exact) mass is 642 g/mol. The smallest absolute Gasteiger partial charge is 0.326 e. The summed E-state index contributed by atoms with van der Waals surface area (Å²) in [6.45, 7) is 13.0. The molecule has 1 aliphatic rings. The molecule has 0 bridgehead atoms. The maximum Gasteiger partial charge on any atom is 0.326 e. The van der Waals surface area contributed by atoms with Gasteiger partial charge in [-0.25, -0.2) is 4.79 Å². The minimum atomic E-state index is -1.16. The largest absolute Gasteiger partial charge is 0.480 e. The Hall–Kier alpha value is -2.87. The lowest BCUT2D eigenvalue weighted by atomic mass is 10.00. The first-order valence-electron chi connectivity index (χ1n) is 15.5. The van der Waals surface area contributed by atoms with Gasteiger partial charge in [0.2, 0.25) is 29.5 Å². The van der Waals surface area contributed by atoms with Crippen LogP contribution in [-0.4, -0.2) is 100 Å². The van der Waals surface area contributed by atoms with Gasteiger partial charge in [0.15, 0.2) is 0 Å². The lowest BCUT2D eigenvalue weighted by Crippen LogP contribution is -2.58. The number of nitrogens with zero attached hydrogens (tertiary/aromatic N) is 1. The van der Waals surface area contributed by atoms with E-state index in [4.69, 9.17) is 5.73 Å². The fourth-order valence-corrected chi connectivity index (χ4v) is 5.38. The maximum atomic E-state index is 13.6. The quantitative estimate of drug-likeness (QED) is 0.125. The van der Waals surface area contributed by atoms with Crippen molar-refractivity contribution in [3.63, 3.8) is 0 Å². The number of hydrogen-bond acceptors (Lipinski definition) is 8. The van der Waals surface area contributed by atoms with E-state index in [1.54, 1.807) is 0 Å². The lowest BCUT2D eigenvalue weighted by Gasteiger charge is -2.31. The van der Waals surface area contributed by atoms with Crippen molar-refractivity contribution in [2.24, 2.45) is 23.5 Å². The van der Waals surface area contributed by atoms with Gasteiger partial charge in [0, 0.05) is 6.54 Å². The molecule has 0 aromatic heterocycles. The van der Waals surface area contributed by atoms with Crippen LogP contribution in [-0.2, 0) is 28.8 Å². The van der Waals surface area contributed by atoms with Crippen LogP contribution >= 0.6 is 11.8 Å². The number of hydrogen-bond donors (Lipinski definition) is 6. The molecule has 0 unspecified atom stereocenters. The SMILES string of the molecule is CSCC[C@H](NC(=O)[C@H](C)NC(=O)[C@@H]1CCCN1C(=O)[C@H](CC(C)C)NC(=O)[C@@H](N)C(C)C)C(=O)N[C@@H](CC(C)C)C(=O)O. The molecule has 1 fully saturated rings. The van der Waals surface area contributed by atoms with Gasteiger partial charge in [0.25, 0.3) is 0 Å². The van der Waals surface area contributed by atoms with Gasteiger partial charge >= 0.3 is 5.97 Å². The molecular weight excluding hydrogens is 588 g/mol. The Morgan fingerprint density at radius 3 is 1.89 bits per heavy atom. The highest BCUT2D eigenvalue weighted by atomic mass is 32.2. The molecule has 1 heterocycles. The molecule has 5 amide bonds. The van der Waals surface area contributed by atoms with E-state index in [1.165, 1.54) is 23.6 Å². The summed E-state index contributed by atoms with van der Waals surface area (Å²) in [5.74, 6) is -3.15. The van der Waals surface area contributed by atoms with Crippen molar-refractivity contribution >= 4 is 47.3 Å². The van der Waals surface area contributed by atoms with Crippen LogP contribution in [0.1, 0.15) is 80.6 Å². The number of nitrogens with two attached hydrogens (primary N) is 1. The standard InChI is InChI=1S/C30H54N6O7S/c1-16(2)14-21(34-28(40)24(31)18(5)6)29(41)36-12-9-10-23(36)27(39)32-19(7)25(37)33-20(11-13-44-8)26(38)35-22(30(42)43)15-17(3)4/h16-24H,9-15,31H2,1-8H3,(H,32,39)(H,33,37)(H,34,40)(H,35,38)(H,42,43)/t19-,20-,21-,22-,23-,24-/m0/s1. The summed E-state index contributed by atoms with van der Waals surface area (Å²) in [7, 11) is 0. The number of thioether (sulfide) groups is 1. The number of rotatable bonds is 18. The summed E-state index contributed by atoms with van der Waals surface area (Å²) in [5.41, 5.74) is 6.00. The van der Waals surface area contributed by atoms with E-state index in [2.05, 4.69) is 21.3 Å². The van der Waals surface area contributed by atoms with E-state index < -0.39 is 65.8 Å². The van der Waals surface area contributed by atoms with Gasteiger partial charge in [-0.3, -0.25) is 24.0 Å².